The number of aromatic nitrogens is 3. The molecule has 0 aliphatic carbocycles. The standard InChI is InChI=1S/C10H6Cl2N4O/c11-7-3-1-2-6(13-7)10(17)14-9-5-4-8(12)15-16-9/h1-5H,(H,14,16,17). The monoisotopic (exact) mass is 268 g/mol. The van der Waals surface area contributed by atoms with Crippen LogP contribution in [-0.4, -0.2) is 21.1 Å². The van der Waals surface area contributed by atoms with Gasteiger partial charge < -0.3 is 5.32 Å². The Morgan fingerprint density at radius 1 is 1.06 bits per heavy atom. The van der Waals surface area contributed by atoms with Gasteiger partial charge in [-0.3, -0.25) is 4.79 Å². The van der Waals surface area contributed by atoms with Gasteiger partial charge in [-0.1, -0.05) is 29.3 Å². The lowest BCUT2D eigenvalue weighted by Crippen LogP contribution is -2.14. The number of halogens is 2. The van der Waals surface area contributed by atoms with Crippen molar-refractivity contribution in [3.05, 3.63) is 46.3 Å². The highest BCUT2D eigenvalue weighted by Crippen LogP contribution is 2.09. The molecule has 0 radical (unpaired) electrons. The Kier molecular flexibility index (Phi) is 3.51. The van der Waals surface area contributed by atoms with Crippen molar-refractivity contribution in [2.75, 3.05) is 5.32 Å². The predicted octanol–water partition coefficient (Wildman–Crippen LogP) is 2.43. The molecule has 0 bridgehead atoms. The molecule has 0 spiro atoms. The zero-order valence-electron chi connectivity index (χ0n) is 8.39. The lowest BCUT2D eigenvalue weighted by Gasteiger charge is -2.02. The molecule has 17 heavy (non-hydrogen) atoms. The topological polar surface area (TPSA) is 67.8 Å². The smallest absolute Gasteiger partial charge is 0.275 e. The minimum absolute atomic E-state index is 0.203. The number of anilines is 1. The van der Waals surface area contributed by atoms with Crippen LogP contribution in [0.5, 0.6) is 0 Å². The maximum absolute atomic E-state index is 11.7. The molecular formula is C10H6Cl2N4O. The van der Waals surface area contributed by atoms with Crippen molar-refractivity contribution in [2.24, 2.45) is 0 Å². The number of amides is 1. The van der Waals surface area contributed by atoms with Crippen LogP contribution in [0.4, 0.5) is 5.82 Å². The van der Waals surface area contributed by atoms with Crippen LogP contribution in [0.2, 0.25) is 10.3 Å². The molecule has 0 saturated heterocycles. The quantitative estimate of drug-likeness (QED) is 0.850. The third kappa shape index (κ3) is 3.12. The molecule has 5 nitrogen and oxygen atoms in total. The SMILES string of the molecule is O=C(Nc1ccc(Cl)nn1)c1cccc(Cl)n1. The van der Waals surface area contributed by atoms with E-state index in [9.17, 15) is 4.79 Å². The molecule has 0 atom stereocenters. The summed E-state index contributed by atoms with van der Waals surface area (Å²) in [5.41, 5.74) is 0.203. The third-order valence-corrected chi connectivity index (χ3v) is 2.23. The maximum atomic E-state index is 11.7. The number of hydrogen-bond donors (Lipinski definition) is 1. The van der Waals surface area contributed by atoms with Gasteiger partial charge in [-0.15, -0.1) is 10.2 Å². The minimum atomic E-state index is -0.413. The molecule has 2 heterocycles. The van der Waals surface area contributed by atoms with Crippen LogP contribution in [0.3, 0.4) is 0 Å². The van der Waals surface area contributed by atoms with Crippen molar-refractivity contribution >= 4 is 34.9 Å². The van der Waals surface area contributed by atoms with E-state index in [2.05, 4.69) is 20.5 Å². The molecule has 2 rings (SSSR count). The summed E-state index contributed by atoms with van der Waals surface area (Å²) in [5.74, 6) is -0.120. The zero-order chi connectivity index (χ0) is 12.3. The van der Waals surface area contributed by atoms with E-state index in [0.29, 0.717) is 5.82 Å². The van der Waals surface area contributed by atoms with Crippen molar-refractivity contribution in [3.8, 4) is 0 Å². The lowest BCUT2D eigenvalue weighted by molar-refractivity contribution is 0.102. The fourth-order valence-electron chi connectivity index (χ4n) is 1.10. The zero-order valence-corrected chi connectivity index (χ0v) is 9.90. The first-order chi connectivity index (χ1) is 8.15. The van der Waals surface area contributed by atoms with Gasteiger partial charge >= 0.3 is 0 Å². The highest BCUT2D eigenvalue weighted by Gasteiger charge is 2.08. The number of carbonyl (C=O) groups excluding carboxylic acids is 1. The van der Waals surface area contributed by atoms with Crippen molar-refractivity contribution < 1.29 is 4.79 Å². The first-order valence-corrected chi connectivity index (χ1v) is 5.34. The molecule has 0 aliphatic rings. The summed E-state index contributed by atoms with van der Waals surface area (Å²) in [6.07, 6.45) is 0. The first kappa shape index (κ1) is 11.8. The van der Waals surface area contributed by atoms with E-state index in [1.165, 1.54) is 12.1 Å². The maximum Gasteiger partial charge on any atom is 0.275 e. The molecule has 2 aromatic heterocycles. The number of pyridine rings is 1. The summed E-state index contributed by atoms with van der Waals surface area (Å²) in [5, 5.41) is 10.3. The van der Waals surface area contributed by atoms with Gasteiger partial charge in [0.25, 0.3) is 5.91 Å². The van der Waals surface area contributed by atoms with E-state index in [0.717, 1.165) is 0 Å². The van der Waals surface area contributed by atoms with Crippen LogP contribution in [0.1, 0.15) is 10.5 Å². The van der Waals surface area contributed by atoms with Gasteiger partial charge in [0.2, 0.25) is 0 Å². The summed E-state index contributed by atoms with van der Waals surface area (Å²) in [6.45, 7) is 0. The summed E-state index contributed by atoms with van der Waals surface area (Å²) >= 11 is 11.2. The van der Waals surface area contributed by atoms with Gasteiger partial charge in [-0.2, -0.15) is 0 Å². The number of hydrogen-bond acceptors (Lipinski definition) is 4. The van der Waals surface area contributed by atoms with Gasteiger partial charge in [0.15, 0.2) is 11.0 Å². The van der Waals surface area contributed by atoms with Crippen LogP contribution in [0.15, 0.2) is 30.3 Å². The van der Waals surface area contributed by atoms with Crippen LogP contribution >= 0.6 is 23.2 Å². The molecule has 0 fully saturated rings. The second-order valence-corrected chi connectivity index (χ2v) is 3.82. The van der Waals surface area contributed by atoms with Gasteiger partial charge in [0, 0.05) is 0 Å². The number of rotatable bonds is 2. The average Bonchev–Trinajstić information content (AvgIpc) is 2.32. The molecule has 0 unspecified atom stereocenters. The molecule has 0 aliphatic heterocycles. The van der Waals surface area contributed by atoms with Gasteiger partial charge in [-0.05, 0) is 24.3 Å². The van der Waals surface area contributed by atoms with Gasteiger partial charge in [0.05, 0.1) is 0 Å². The van der Waals surface area contributed by atoms with E-state index >= 15 is 0 Å². The fourth-order valence-corrected chi connectivity index (χ4v) is 1.36. The number of carbonyl (C=O) groups is 1. The second-order valence-electron chi connectivity index (χ2n) is 3.04. The number of nitrogens with zero attached hydrogens (tertiary/aromatic N) is 3. The van der Waals surface area contributed by atoms with Crippen LogP contribution in [0, 0.1) is 0 Å². The van der Waals surface area contributed by atoms with E-state index in [-0.39, 0.29) is 16.0 Å². The summed E-state index contributed by atoms with van der Waals surface area (Å²) in [4.78, 5) is 15.6. The molecule has 2 aromatic rings. The van der Waals surface area contributed by atoms with Crippen LogP contribution in [0.25, 0.3) is 0 Å². The van der Waals surface area contributed by atoms with E-state index in [4.69, 9.17) is 23.2 Å². The summed E-state index contributed by atoms with van der Waals surface area (Å²) < 4.78 is 0. The Hall–Kier alpha value is -1.72. The highest BCUT2D eigenvalue weighted by molar-refractivity contribution is 6.29. The largest absolute Gasteiger partial charge is 0.304 e. The average molecular weight is 269 g/mol. The summed E-state index contributed by atoms with van der Waals surface area (Å²) in [6, 6.07) is 7.83. The molecular weight excluding hydrogens is 263 g/mol. The van der Waals surface area contributed by atoms with E-state index in [1.807, 2.05) is 0 Å². The normalized spacial score (nSPS) is 10.0. The third-order valence-electron chi connectivity index (χ3n) is 1.82. The highest BCUT2D eigenvalue weighted by atomic mass is 35.5. The fraction of sp³-hybridized carbons (Fsp3) is 0. The molecule has 0 saturated carbocycles. The molecule has 86 valence electrons. The Bertz CT molecular complexity index is 544. The van der Waals surface area contributed by atoms with Crippen LogP contribution < -0.4 is 5.32 Å². The Morgan fingerprint density at radius 2 is 1.88 bits per heavy atom. The first-order valence-electron chi connectivity index (χ1n) is 4.58. The van der Waals surface area contributed by atoms with Gasteiger partial charge in [-0.25, -0.2) is 4.98 Å². The molecule has 1 N–H and O–H groups in total. The van der Waals surface area contributed by atoms with E-state index in [1.54, 1.807) is 18.2 Å². The van der Waals surface area contributed by atoms with Gasteiger partial charge in [0.1, 0.15) is 10.8 Å². The minimum Gasteiger partial charge on any atom is -0.304 e. The van der Waals surface area contributed by atoms with Crippen molar-refractivity contribution in [1.82, 2.24) is 15.2 Å². The number of nitrogens with one attached hydrogen (secondary N) is 1. The van der Waals surface area contributed by atoms with Crippen molar-refractivity contribution in [2.45, 2.75) is 0 Å². The van der Waals surface area contributed by atoms with E-state index < -0.39 is 5.91 Å². The summed E-state index contributed by atoms with van der Waals surface area (Å²) in [7, 11) is 0. The Labute approximate surface area is 107 Å². The molecule has 7 heteroatoms. The Balaban J connectivity index is 2.14. The Morgan fingerprint density at radius 3 is 2.53 bits per heavy atom. The molecule has 1 amide bonds. The second kappa shape index (κ2) is 5.07. The predicted molar refractivity (Wildman–Crippen MR) is 64.2 cm³/mol. The lowest BCUT2D eigenvalue weighted by atomic mass is 10.3. The van der Waals surface area contributed by atoms with Crippen molar-refractivity contribution in [1.29, 1.82) is 0 Å². The molecule has 0 aromatic carbocycles. The van der Waals surface area contributed by atoms with Crippen LogP contribution in [-0.2, 0) is 0 Å². The van der Waals surface area contributed by atoms with Crippen molar-refractivity contribution in [3.63, 3.8) is 0 Å².